The van der Waals surface area contributed by atoms with Gasteiger partial charge >= 0.3 is 0 Å². The minimum Gasteiger partial charge on any atom is -0.309 e. The summed E-state index contributed by atoms with van der Waals surface area (Å²) in [6.07, 6.45) is 0. The molecule has 0 aliphatic rings. The Morgan fingerprint density at radius 2 is 0.789 bits per heavy atom. The molecule has 0 N–H and O–H groups in total. The molecular weight excluding hydrogens is 691 g/mol. The van der Waals surface area contributed by atoms with Gasteiger partial charge in [-0.25, -0.2) is 9.97 Å². The van der Waals surface area contributed by atoms with Crippen molar-refractivity contribution in [1.29, 1.82) is 0 Å². The molecule has 0 aliphatic carbocycles. The average Bonchev–Trinajstić information content (AvgIpc) is 3.63. The Kier molecular flexibility index (Phi) is 7.82. The quantitative estimate of drug-likeness (QED) is 0.160. The van der Waals surface area contributed by atoms with Crippen LogP contribution in [0.4, 0.5) is 0 Å². The van der Waals surface area contributed by atoms with Crippen LogP contribution in [-0.2, 0) is 0 Å². The summed E-state index contributed by atoms with van der Waals surface area (Å²) in [4.78, 5) is 10.9. The Morgan fingerprint density at radius 1 is 0.316 bits per heavy atom. The molecule has 0 aliphatic heterocycles. The summed E-state index contributed by atoms with van der Waals surface area (Å²) in [6.45, 7) is 0. The lowest BCUT2D eigenvalue weighted by molar-refractivity contribution is 1.18. The van der Waals surface area contributed by atoms with Gasteiger partial charge in [-0.1, -0.05) is 164 Å². The van der Waals surface area contributed by atoms with E-state index in [0.717, 1.165) is 72.6 Å². The van der Waals surface area contributed by atoms with Gasteiger partial charge in [0.25, 0.3) is 0 Å². The first-order valence-electron chi connectivity index (χ1n) is 19.4. The molecule has 3 nitrogen and oxygen atoms in total. The van der Waals surface area contributed by atoms with E-state index in [1.54, 1.807) is 0 Å². The van der Waals surface area contributed by atoms with Crippen molar-refractivity contribution in [2.24, 2.45) is 0 Å². The van der Waals surface area contributed by atoms with Crippen molar-refractivity contribution in [3.63, 3.8) is 0 Å². The van der Waals surface area contributed by atoms with E-state index in [4.69, 9.17) is 9.97 Å². The van der Waals surface area contributed by atoms with Crippen molar-refractivity contribution in [2.75, 3.05) is 0 Å². The fraction of sp³-hybridized carbons (Fsp3) is 0. The van der Waals surface area contributed by atoms with E-state index in [1.807, 2.05) is 0 Å². The summed E-state index contributed by atoms with van der Waals surface area (Å²) in [6, 6.07) is 75.6. The SMILES string of the molecule is c1ccc(-c2cc(-c3cc4ccccc4c4c(-c5ccccc5)cc(-c5ccccc5)nc34)cc(-c3ccc(-n4c5ccccc5c5ccccc54)cc3)n2)cc1. The smallest absolute Gasteiger partial charge is 0.0800 e. The van der Waals surface area contributed by atoms with Crippen molar-refractivity contribution in [1.82, 2.24) is 14.5 Å². The molecule has 0 amide bonds. The standard InChI is InChI=1S/C54H35N3/c1-4-16-36(17-5-1)46-35-50(38-20-8-3-9-21-38)56-54-47(32-40-22-10-11-23-43(40)53(46)54)41-33-48(37-18-6-2-7-19-37)55-49(34-41)39-28-30-42(31-29-39)57-51-26-14-12-24-44(51)45-25-13-15-27-52(45)57/h1-35H. The molecular formula is C54H35N3. The highest BCUT2D eigenvalue weighted by molar-refractivity contribution is 6.18. The van der Waals surface area contributed by atoms with Crippen LogP contribution in [0.1, 0.15) is 0 Å². The molecule has 0 unspecified atom stereocenters. The largest absolute Gasteiger partial charge is 0.309 e. The predicted molar refractivity (Wildman–Crippen MR) is 239 cm³/mol. The fourth-order valence-corrected chi connectivity index (χ4v) is 8.48. The summed E-state index contributed by atoms with van der Waals surface area (Å²) in [7, 11) is 0. The van der Waals surface area contributed by atoms with E-state index < -0.39 is 0 Å². The van der Waals surface area contributed by atoms with Crippen LogP contribution in [0.3, 0.4) is 0 Å². The van der Waals surface area contributed by atoms with Crippen LogP contribution < -0.4 is 0 Å². The van der Waals surface area contributed by atoms with Gasteiger partial charge in [-0.2, -0.15) is 0 Å². The Hall–Kier alpha value is -7.62. The van der Waals surface area contributed by atoms with E-state index in [-0.39, 0.29) is 0 Å². The molecule has 57 heavy (non-hydrogen) atoms. The van der Waals surface area contributed by atoms with Gasteiger partial charge in [-0.15, -0.1) is 0 Å². The third-order valence-electron chi connectivity index (χ3n) is 11.2. The van der Waals surface area contributed by atoms with Gasteiger partial charge in [0.15, 0.2) is 0 Å². The zero-order chi connectivity index (χ0) is 37.7. The maximum absolute atomic E-state index is 5.53. The van der Waals surface area contributed by atoms with Crippen molar-refractivity contribution >= 4 is 43.5 Å². The summed E-state index contributed by atoms with van der Waals surface area (Å²) in [5, 5.41) is 5.99. The summed E-state index contributed by atoms with van der Waals surface area (Å²) in [5.41, 5.74) is 14.9. The van der Waals surface area contributed by atoms with Crippen molar-refractivity contribution in [2.45, 2.75) is 0 Å². The van der Waals surface area contributed by atoms with Crippen LogP contribution in [-0.4, -0.2) is 14.5 Å². The molecule has 0 spiro atoms. The normalized spacial score (nSPS) is 11.5. The number of nitrogens with zero attached hydrogens (tertiary/aromatic N) is 3. The number of rotatable bonds is 6. The molecule has 266 valence electrons. The molecule has 3 heteroatoms. The second-order valence-electron chi connectivity index (χ2n) is 14.6. The molecule has 0 saturated heterocycles. The number of pyridine rings is 2. The van der Waals surface area contributed by atoms with Crippen molar-refractivity contribution in [3.05, 3.63) is 212 Å². The Morgan fingerprint density at radius 3 is 1.39 bits per heavy atom. The molecule has 0 radical (unpaired) electrons. The zero-order valence-electron chi connectivity index (χ0n) is 31.0. The number of hydrogen-bond acceptors (Lipinski definition) is 2. The lowest BCUT2D eigenvalue weighted by atomic mass is 9.90. The van der Waals surface area contributed by atoms with E-state index in [1.165, 1.54) is 32.6 Å². The minimum absolute atomic E-state index is 0.906. The Balaban J connectivity index is 1.15. The van der Waals surface area contributed by atoms with Gasteiger partial charge in [0.05, 0.1) is 33.6 Å². The average molecular weight is 726 g/mol. The van der Waals surface area contributed by atoms with E-state index in [0.29, 0.717) is 0 Å². The first kappa shape index (κ1) is 32.8. The minimum atomic E-state index is 0.906. The monoisotopic (exact) mass is 725 g/mol. The van der Waals surface area contributed by atoms with Crippen molar-refractivity contribution < 1.29 is 0 Å². The molecule has 11 rings (SSSR count). The predicted octanol–water partition coefficient (Wildman–Crippen LogP) is 14.2. The lowest BCUT2D eigenvalue weighted by Gasteiger charge is -2.17. The molecule has 0 atom stereocenters. The molecule has 0 fully saturated rings. The number of para-hydroxylation sites is 2. The second kappa shape index (κ2) is 13.6. The highest BCUT2D eigenvalue weighted by Gasteiger charge is 2.19. The van der Waals surface area contributed by atoms with Gasteiger partial charge in [-0.3, -0.25) is 0 Å². The van der Waals surface area contributed by atoms with E-state index in [9.17, 15) is 0 Å². The number of fused-ring (bicyclic) bond motifs is 6. The third kappa shape index (κ3) is 5.68. The number of hydrogen-bond donors (Lipinski definition) is 0. The molecule has 0 bridgehead atoms. The molecule has 8 aromatic carbocycles. The molecule has 11 aromatic rings. The zero-order valence-corrected chi connectivity index (χ0v) is 31.0. The Labute approximate surface area is 330 Å². The topological polar surface area (TPSA) is 30.7 Å². The molecule has 3 aromatic heterocycles. The van der Waals surface area contributed by atoms with Gasteiger partial charge in [0.2, 0.25) is 0 Å². The fourth-order valence-electron chi connectivity index (χ4n) is 8.48. The second-order valence-corrected chi connectivity index (χ2v) is 14.6. The van der Waals surface area contributed by atoms with Gasteiger partial charge in [0.1, 0.15) is 0 Å². The summed E-state index contributed by atoms with van der Waals surface area (Å²) < 4.78 is 2.36. The Bertz CT molecular complexity index is 3200. The number of benzene rings is 8. The first-order valence-corrected chi connectivity index (χ1v) is 19.4. The first-order chi connectivity index (χ1) is 28.3. The van der Waals surface area contributed by atoms with E-state index >= 15 is 0 Å². The van der Waals surface area contributed by atoms with Gasteiger partial charge in [-0.05, 0) is 76.0 Å². The highest BCUT2D eigenvalue weighted by Crippen LogP contribution is 2.43. The summed E-state index contributed by atoms with van der Waals surface area (Å²) >= 11 is 0. The van der Waals surface area contributed by atoms with Crippen LogP contribution in [0.25, 0.3) is 105 Å². The maximum atomic E-state index is 5.53. The van der Waals surface area contributed by atoms with Crippen LogP contribution in [0, 0.1) is 0 Å². The van der Waals surface area contributed by atoms with Gasteiger partial charge in [0, 0.05) is 44.1 Å². The van der Waals surface area contributed by atoms with Gasteiger partial charge < -0.3 is 4.57 Å². The third-order valence-corrected chi connectivity index (χ3v) is 11.2. The maximum Gasteiger partial charge on any atom is 0.0800 e. The van der Waals surface area contributed by atoms with Crippen LogP contribution >= 0.6 is 0 Å². The van der Waals surface area contributed by atoms with Crippen LogP contribution in [0.2, 0.25) is 0 Å². The number of aromatic nitrogens is 3. The van der Waals surface area contributed by atoms with E-state index in [2.05, 4.69) is 217 Å². The highest BCUT2D eigenvalue weighted by atomic mass is 15.0. The molecule has 3 heterocycles. The van der Waals surface area contributed by atoms with Crippen LogP contribution in [0.5, 0.6) is 0 Å². The summed E-state index contributed by atoms with van der Waals surface area (Å²) in [5.74, 6) is 0. The molecule has 0 saturated carbocycles. The lowest BCUT2D eigenvalue weighted by Crippen LogP contribution is -1.96. The van der Waals surface area contributed by atoms with Crippen LogP contribution in [0.15, 0.2) is 212 Å². The van der Waals surface area contributed by atoms with Crippen molar-refractivity contribution in [3.8, 4) is 61.7 Å².